The van der Waals surface area contributed by atoms with Crippen molar-refractivity contribution in [2.75, 3.05) is 6.16 Å². The zero-order valence-corrected chi connectivity index (χ0v) is 26.7. The summed E-state index contributed by atoms with van der Waals surface area (Å²) in [6.45, 7) is 10.4. The van der Waals surface area contributed by atoms with Crippen LogP contribution >= 0.6 is 15.2 Å². The molecule has 0 N–H and O–H groups in total. The highest BCUT2D eigenvalue weighted by Crippen LogP contribution is 3.21. The van der Waals surface area contributed by atoms with Crippen molar-refractivity contribution in [3.63, 3.8) is 0 Å². The van der Waals surface area contributed by atoms with Crippen LogP contribution in [-0.2, 0) is 10.6 Å². The summed E-state index contributed by atoms with van der Waals surface area (Å²) in [5.74, 6) is 0. The van der Waals surface area contributed by atoms with Gasteiger partial charge in [-0.15, -0.1) is 0 Å². The fourth-order valence-electron chi connectivity index (χ4n) is 11.9. The summed E-state index contributed by atoms with van der Waals surface area (Å²) in [5, 5.41) is 4.10. The standard InChI is InChI=1S/C40H37P2/c1-26-32(41-34(28-17-9-5-10-18-28)39(36(41)38(26,39)4)30-21-13-7-14-22-30)33-27(2)37(3)25-42(33)35(29-19-11-6-12-20-29)40(37,42)31-23-15-8-16-24-31/h5-24,34-36H,25H2,1-4H3/q+1. The molecule has 1 spiro atoms. The third-order valence-electron chi connectivity index (χ3n) is 13.4. The molecule has 4 aromatic carbocycles. The Morgan fingerprint density at radius 3 is 1.74 bits per heavy atom. The third-order valence-corrected chi connectivity index (χ3v) is 23.5. The molecular weight excluding hydrogens is 542 g/mol. The molecule has 2 heteroatoms. The number of benzene rings is 4. The quantitative estimate of drug-likeness (QED) is 0.206. The molecule has 1 aliphatic carbocycles. The van der Waals surface area contributed by atoms with Crippen LogP contribution in [-0.4, -0.2) is 11.8 Å². The Morgan fingerprint density at radius 1 is 0.643 bits per heavy atom. The topological polar surface area (TPSA) is 0 Å². The Kier molecular flexibility index (Phi) is 4.38. The van der Waals surface area contributed by atoms with Gasteiger partial charge in [0.2, 0.25) is 0 Å². The van der Waals surface area contributed by atoms with E-state index in [-0.39, 0.29) is 24.2 Å². The van der Waals surface area contributed by atoms with E-state index in [4.69, 9.17) is 0 Å². The predicted octanol–water partition coefficient (Wildman–Crippen LogP) is 10.8. The minimum absolute atomic E-state index is 0.262. The molecule has 7 aliphatic rings. The van der Waals surface area contributed by atoms with Gasteiger partial charge in [-0.1, -0.05) is 142 Å². The summed E-state index contributed by atoms with van der Waals surface area (Å²) < 4.78 is 0. The van der Waals surface area contributed by atoms with Crippen molar-refractivity contribution >= 4 is 15.2 Å². The lowest BCUT2D eigenvalue weighted by atomic mass is 9.67. The Labute approximate surface area is 252 Å². The van der Waals surface area contributed by atoms with E-state index in [1.807, 2.05) is 10.6 Å². The van der Waals surface area contributed by atoms with Crippen LogP contribution in [0.15, 0.2) is 143 Å². The molecule has 11 rings (SSSR count). The van der Waals surface area contributed by atoms with Gasteiger partial charge in [-0.25, -0.2) is 0 Å². The minimum Gasteiger partial charge on any atom is -0.0622 e. The second kappa shape index (κ2) is 7.46. The van der Waals surface area contributed by atoms with Gasteiger partial charge in [0.05, 0.1) is 18.8 Å². The molecule has 0 aromatic heterocycles. The monoisotopic (exact) mass is 579 g/mol. The van der Waals surface area contributed by atoms with E-state index in [1.165, 1.54) is 6.16 Å². The van der Waals surface area contributed by atoms with Crippen LogP contribution in [0, 0.1) is 10.8 Å². The highest BCUT2D eigenvalue weighted by Gasteiger charge is 3.06. The summed E-state index contributed by atoms with van der Waals surface area (Å²) >= 11 is 0. The second-order valence-corrected chi connectivity index (χ2v) is 20.3. The van der Waals surface area contributed by atoms with Gasteiger partial charge in [-0.3, -0.25) is 0 Å². The molecule has 9 atom stereocenters. The first-order valence-electron chi connectivity index (χ1n) is 15.7. The lowest BCUT2D eigenvalue weighted by Gasteiger charge is -2.49. The molecule has 3 saturated heterocycles. The highest BCUT2D eigenvalue weighted by atomic mass is 31.2. The van der Waals surface area contributed by atoms with Gasteiger partial charge in [0.25, 0.3) is 0 Å². The van der Waals surface area contributed by atoms with E-state index in [0.29, 0.717) is 16.5 Å². The summed E-state index contributed by atoms with van der Waals surface area (Å²) in [7, 11) is -1.68. The van der Waals surface area contributed by atoms with Gasteiger partial charge >= 0.3 is 0 Å². The Balaban J connectivity index is 1.20. The van der Waals surface area contributed by atoms with E-state index in [2.05, 4.69) is 149 Å². The van der Waals surface area contributed by atoms with Gasteiger partial charge in [-0.2, -0.15) is 0 Å². The first kappa shape index (κ1) is 24.6. The van der Waals surface area contributed by atoms with Crippen molar-refractivity contribution in [1.29, 1.82) is 0 Å². The smallest absolute Gasteiger partial charge is 0.0622 e. The normalized spacial score (nSPS) is 43.0. The number of rotatable bonds is 5. The van der Waals surface area contributed by atoms with Gasteiger partial charge in [0.15, 0.2) is 5.16 Å². The van der Waals surface area contributed by atoms with E-state index in [1.54, 1.807) is 33.4 Å². The summed E-state index contributed by atoms with van der Waals surface area (Å²) in [6, 6.07) is 46.7. The van der Waals surface area contributed by atoms with Crippen molar-refractivity contribution in [2.24, 2.45) is 10.8 Å². The fourth-order valence-corrected chi connectivity index (χ4v) is 26.0. The average Bonchev–Trinajstić information content (AvgIpc) is 3.60. The van der Waals surface area contributed by atoms with Crippen molar-refractivity contribution < 1.29 is 0 Å². The largest absolute Gasteiger partial charge is 0.163 e. The lowest BCUT2D eigenvalue weighted by Crippen LogP contribution is -2.41. The SMILES string of the molecule is CC1=C(C2=C(C)C3(C)C4P2C(c2ccccc2)C43c2ccccc2)[P+]23CC1(C)C2(c1ccccc1)C3c1ccccc1. The number of hydrogen-bond acceptors (Lipinski definition) is 0. The zero-order chi connectivity index (χ0) is 28.3. The molecule has 1 saturated carbocycles. The fraction of sp³-hybridized carbons (Fsp3) is 0.300. The van der Waals surface area contributed by atoms with Crippen molar-refractivity contribution in [3.05, 3.63) is 165 Å². The van der Waals surface area contributed by atoms with Crippen LogP contribution < -0.4 is 0 Å². The van der Waals surface area contributed by atoms with Crippen LogP contribution in [0.1, 0.15) is 61.3 Å². The molecule has 9 unspecified atom stereocenters. The first-order valence-corrected chi connectivity index (χ1v) is 19.3. The molecule has 42 heavy (non-hydrogen) atoms. The summed E-state index contributed by atoms with van der Waals surface area (Å²) in [6.07, 6.45) is 1.41. The van der Waals surface area contributed by atoms with Gasteiger partial charge in [0.1, 0.15) is 11.0 Å². The first-order chi connectivity index (χ1) is 20.4. The van der Waals surface area contributed by atoms with E-state index >= 15 is 0 Å². The third kappa shape index (κ3) is 2.16. The molecular formula is C40H37P2+. The van der Waals surface area contributed by atoms with Crippen LogP contribution in [0.25, 0.3) is 0 Å². The maximum atomic E-state index is 2.66. The maximum Gasteiger partial charge on any atom is 0.163 e. The maximum absolute atomic E-state index is 2.66. The summed E-state index contributed by atoms with van der Waals surface area (Å²) in [4.78, 5) is 0. The van der Waals surface area contributed by atoms with Crippen LogP contribution in [0.4, 0.5) is 0 Å². The van der Waals surface area contributed by atoms with Crippen molar-refractivity contribution in [3.8, 4) is 0 Å². The van der Waals surface area contributed by atoms with E-state index in [0.717, 1.165) is 5.66 Å². The molecule has 4 aromatic rings. The van der Waals surface area contributed by atoms with Crippen LogP contribution in [0.3, 0.4) is 0 Å². The van der Waals surface area contributed by atoms with Crippen molar-refractivity contribution in [1.82, 2.24) is 0 Å². The molecule has 0 radical (unpaired) electrons. The van der Waals surface area contributed by atoms with Gasteiger partial charge in [-0.05, 0) is 43.0 Å². The molecule has 206 valence electrons. The average molecular weight is 580 g/mol. The highest BCUT2D eigenvalue weighted by molar-refractivity contribution is 7.91. The van der Waals surface area contributed by atoms with E-state index < -0.39 is 7.26 Å². The molecule has 6 aliphatic heterocycles. The molecule has 4 fully saturated rings. The minimum atomic E-state index is -1.41. The molecule has 0 nitrogen and oxygen atoms in total. The summed E-state index contributed by atoms with van der Waals surface area (Å²) in [5.41, 5.74) is 12.8. The Morgan fingerprint density at radius 2 is 1.17 bits per heavy atom. The predicted molar refractivity (Wildman–Crippen MR) is 179 cm³/mol. The number of allylic oxidation sites excluding steroid dienone is 4. The lowest BCUT2D eigenvalue weighted by molar-refractivity contribution is 0.334. The van der Waals surface area contributed by atoms with Crippen LogP contribution in [0.2, 0.25) is 0 Å². The number of hydrogen-bond donors (Lipinski definition) is 0. The second-order valence-electron chi connectivity index (χ2n) is 14.3. The van der Waals surface area contributed by atoms with Crippen LogP contribution in [0.5, 0.6) is 0 Å². The van der Waals surface area contributed by atoms with Gasteiger partial charge < -0.3 is 0 Å². The van der Waals surface area contributed by atoms with Gasteiger partial charge in [0, 0.05) is 33.0 Å². The zero-order valence-electron chi connectivity index (χ0n) is 24.9. The Bertz CT molecular complexity index is 1880. The molecule has 0 amide bonds. The molecule has 2 bridgehead atoms. The molecule has 6 heterocycles. The Hall–Kier alpha value is -2.78. The van der Waals surface area contributed by atoms with Crippen molar-refractivity contribution in [2.45, 2.75) is 55.2 Å². The number of fused-ring (bicyclic) bond motifs is 1. The van der Waals surface area contributed by atoms with E-state index in [9.17, 15) is 0 Å².